The molecule has 0 aliphatic heterocycles. The predicted molar refractivity (Wildman–Crippen MR) is 121 cm³/mol. The largest absolute Gasteiger partial charge is 0.325 e. The molecule has 0 atom stereocenters. The zero-order valence-electron chi connectivity index (χ0n) is 16.0. The first-order chi connectivity index (χ1) is 14.5. The summed E-state index contributed by atoms with van der Waals surface area (Å²) in [6, 6.07) is 17.8. The predicted octanol–water partition coefficient (Wildman–Crippen LogP) is 4.38. The molecule has 0 radical (unpaired) electrons. The maximum absolute atomic E-state index is 13.0. The quantitative estimate of drug-likeness (QED) is 0.276. The number of rotatable bonds is 6. The van der Waals surface area contributed by atoms with Crippen molar-refractivity contribution in [3.63, 3.8) is 0 Å². The highest BCUT2D eigenvalue weighted by Crippen LogP contribution is 2.24. The average Bonchev–Trinajstić information content (AvgIpc) is 3.22. The fraction of sp³-hybridized carbons (Fsp3) is 0.0909. The minimum atomic E-state index is -0.250. The maximum atomic E-state index is 13.0. The summed E-state index contributed by atoms with van der Waals surface area (Å²) < 4.78 is 2.11. The van der Waals surface area contributed by atoms with E-state index < -0.39 is 0 Å². The first-order valence-corrected chi connectivity index (χ1v) is 11.0. The van der Waals surface area contributed by atoms with Gasteiger partial charge in [0.15, 0.2) is 10.9 Å². The summed E-state index contributed by atoms with van der Waals surface area (Å²) >= 11 is 2.54. The number of anilines is 1. The van der Waals surface area contributed by atoms with Gasteiger partial charge < -0.3 is 5.32 Å². The third-order valence-corrected chi connectivity index (χ3v) is 6.18. The lowest BCUT2D eigenvalue weighted by atomic mass is 10.1. The minimum Gasteiger partial charge on any atom is -0.325 e. The lowest BCUT2D eigenvalue weighted by Gasteiger charge is -2.12. The van der Waals surface area contributed by atoms with Gasteiger partial charge in [0, 0.05) is 11.3 Å². The number of carbonyl (C=O) groups excluding carboxylic acids is 2. The van der Waals surface area contributed by atoms with Gasteiger partial charge in [-0.3, -0.25) is 19.0 Å². The van der Waals surface area contributed by atoms with Gasteiger partial charge in [-0.2, -0.15) is 0 Å². The number of fused-ring (bicyclic) bond motifs is 1. The highest BCUT2D eigenvalue weighted by atomic mass is 32.2. The van der Waals surface area contributed by atoms with Gasteiger partial charge in [0.2, 0.25) is 5.91 Å². The number of thioether (sulfide) groups is 1. The lowest BCUT2D eigenvalue weighted by Crippen LogP contribution is -2.22. The second-order valence-corrected chi connectivity index (χ2v) is 8.34. The molecule has 4 aromatic rings. The molecular formula is C22H17N3O3S2. The number of nitrogens with zero attached hydrogens (tertiary/aromatic N) is 2. The first kappa shape index (κ1) is 20.1. The molecule has 0 spiro atoms. The van der Waals surface area contributed by atoms with Gasteiger partial charge in [-0.25, -0.2) is 4.98 Å². The van der Waals surface area contributed by atoms with E-state index >= 15 is 0 Å². The molecule has 30 heavy (non-hydrogen) atoms. The average molecular weight is 436 g/mol. The number of carbonyl (C=O) groups is 2. The van der Waals surface area contributed by atoms with Gasteiger partial charge >= 0.3 is 0 Å². The van der Waals surface area contributed by atoms with E-state index in [4.69, 9.17) is 0 Å². The zero-order chi connectivity index (χ0) is 21.1. The van der Waals surface area contributed by atoms with E-state index in [0.717, 1.165) is 0 Å². The molecule has 2 aromatic heterocycles. The van der Waals surface area contributed by atoms with Crippen molar-refractivity contribution in [2.45, 2.75) is 12.1 Å². The van der Waals surface area contributed by atoms with Crippen LogP contribution in [-0.4, -0.2) is 27.0 Å². The Morgan fingerprint density at radius 1 is 1.10 bits per heavy atom. The molecule has 2 heterocycles. The summed E-state index contributed by atoms with van der Waals surface area (Å²) in [5.41, 5.74) is 2.24. The molecular weight excluding hydrogens is 418 g/mol. The van der Waals surface area contributed by atoms with Gasteiger partial charge in [0.1, 0.15) is 4.70 Å². The number of hydrogen-bond donors (Lipinski definition) is 1. The van der Waals surface area contributed by atoms with Crippen molar-refractivity contribution >= 4 is 50.7 Å². The molecule has 0 aliphatic rings. The number of para-hydroxylation sites is 1. The monoisotopic (exact) mass is 435 g/mol. The molecule has 4 rings (SSSR count). The Kier molecular flexibility index (Phi) is 5.78. The maximum Gasteiger partial charge on any atom is 0.276 e. The van der Waals surface area contributed by atoms with E-state index in [2.05, 4.69) is 10.3 Å². The summed E-state index contributed by atoms with van der Waals surface area (Å²) in [5.74, 6) is -0.250. The van der Waals surface area contributed by atoms with Crippen molar-refractivity contribution in [2.75, 3.05) is 11.1 Å². The van der Waals surface area contributed by atoms with Crippen LogP contribution < -0.4 is 10.9 Å². The molecule has 150 valence electrons. The van der Waals surface area contributed by atoms with E-state index in [1.807, 2.05) is 35.7 Å². The summed E-state index contributed by atoms with van der Waals surface area (Å²) in [4.78, 5) is 41.6. The van der Waals surface area contributed by atoms with Crippen molar-refractivity contribution in [3.8, 4) is 5.69 Å². The fourth-order valence-corrected chi connectivity index (χ4v) is 4.51. The summed E-state index contributed by atoms with van der Waals surface area (Å²) in [5, 5.41) is 5.07. The molecule has 1 N–H and O–H groups in total. The molecule has 8 heteroatoms. The van der Waals surface area contributed by atoms with Gasteiger partial charge in [-0.1, -0.05) is 42.1 Å². The molecule has 0 saturated carbocycles. The van der Waals surface area contributed by atoms with Crippen LogP contribution in [0.5, 0.6) is 0 Å². The topological polar surface area (TPSA) is 81.1 Å². The molecule has 2 aromatic carbocycles. The van der Waals surface area contributed by atoms with Crippen molar-refractivity contribution in [1.82, 2.24) is 9.55 Å². The van der Waals surface area contributed by atoms with Crippen LogP contribution in [0.1, 0.15) is 17.3 Å². The fourth-order valence-electron chi connectivity index (χ4n) is 2.94. The first-order valence-electron chi connectivity index (χ1n) is 9.12. The number of hydrogen-bond acceptors (Lipinski definition) is 6. The molecule has 0 aliphatic carbocycles. The van der Waals surface area contributed by atoms with Crippen LogP contribution in [0, 0.1) is 0 Å². The van der Waals surface area contributed by atoms with Crippen LogP contribution in [0.3, 0.4) is 0 Å². The van der Waals surface area contributed by atoms with Gasteiger partial charge in [-0.05, 0) is 42.6 Å². The molecule has 0 saturated heterocycles. The summed E-state index contributed by atoms with van der Waals surface area (Å²) in [7, 11) is 0. The molecule has 1 amide bonds. The van der Waals surface area contributed by atoms with Crippen LogP contribution in [-0.2, 0) is 4.79 Å². The summed E-state index contributed by atoms with van der Waals surface area (Å²) in [6.45, 7) is 1.48. The number of nitrogens with one attached hydrogen (secondary N) is 1. The highest BCUT2D eigenvalue weighted by Gasteiger charge is 2.15. The van der Waals surface area contributed by atoms with Crippen molar-refractivity contribution < 1.29 is 9.59 Å². The Hall–Kier alpha value is -3.23. The lowest BCUT2D eigenvalue weighted by molar-refractivity contribution is -0.113. The second-order valence-electron chi connectivity index (χ2n) is 6.48. The van der Waals surface area contributed by atoms with Crippen LogP contribution in [0.15, 0.2) is 76.0 Å². The van der Waals surface area contributed by atoms with Crippen LogP contribution in [0.4, 0.5) is 5.69 Å². The number of amides is 1. The Bertz CT molecular complexity index is 1300. The van der Waals surface area contributed by atoms with E-state index in [9.17, 15) is 14.4 Å². The summed E-state index contributed by atoms with van der Waals surface area (Å²) in [6.07, 6.45) is 0. The Morgan fingerprint density at radius 2 is 1.90 bits per heavy atom. The minimum absolute atomic E-state index is 0.0687. The van der Waals surface area contributed by atoms with Gasteiger partial charge in [-0.15, -0.1) is 11.3 Å². The van der Waals surface area contributed by atoms with Crippen molar-refractivity contribution in [1.29, 1.82) is 0 Å². The number of thiophene rings is 1. The van der Waals surface area contributed by atoms with Gasteiger partial charge in [0.25, 0.3) is 5.56 Å². The molecule has 0 unspecified atom stereocenters. The smallest absolute Gasteiger partial charge is 0.276 e. The van der Waals surface area contributed by atoms with Gasteiger partial charge in [0.05, 0.1) is 17.0 Å². The molecule has 0 fully saturated rings. The number of ketones is 1. The Labute approximate surface area is 180 Å². The van der Waals surface area contributed by atoms with Crippen molar-refractivity contribution in [3.05, 3.63) is 82.0 Å². The number of Topliss-reactive ketones (excluding diaryl/α,β-unsaturated/α-hetero) is 1. The molecule has 6 nitrogen and oxygen atoms in total. The Balaban J connectivity index is 1.59. The van der Waals surface area contributed by atoms with Crippen LogP contribution in [0.25, 0.3) is 15.9 Å². The van der Waals surface area contributed by atoms with E-state index in [1.165, 1.54) is 34.6 Å². The van der Waals surface area contributed by atoms with Crippen LogP contribution >= 0.6 is 23.1 Å². The van der Waals surface area contributed by atoms with E-state index in [1.54, 1.807) is 30.3 Å². The zero-order valence-corrected chi connectivity index (χ0v) is 17.6. The molecule has 0 bridgehead atoms. The normalized spacial score (nSPS) is 10.8. The van der Waals surface area contributed by atoms with E-state index in [0.29, 0.717) is 32.3 Å². The van der Waals surface area contributed by atoms with Crippen molar-refractivity contribution in [2.24, 2.45) is 0 Å². The SMILES string of the molecule is CC(=O)c1cccc(NC(=O)CSc2nc3ccsc3c(=O)n2-c2ccccc2)c1. The highest BCUT2D eigenvalue weighted by molar-refractivity contribution is 7.99. The van der Waals surface area contributed by atoms with E-state index in [-0.39, 0.29) is 23.0 Å². The number of aromatic nitrogens is 2. The number of benzene rings is 2. The Morgan fingerprint density at radius 3 is 2.67 bits per heavy atom. The third-order valence-electron chi connectivity index (χ3n) is 4.35. The third kappa shape index (κ3) is 4.19. The standard InChI is InChI=1S/C22H17N3O3S2/c1-14(26)15-6-5-7-16(12-15)23-19(27)13-30-22-24-18-10-11-29-20(18)21(28)25(22)17-8-3-2-4-9-17/h2-12H,13H2,1H3,(H,23,27). The second kappa shape index (κ2) is 8.64. The van der Waals surface area contributed by atoms with Crippen LogP contribution in [0.2, 0.25) is 0 Å².